The number of carbonyl (C=O) groups excluding carboxylic acids is 2. The van der Waals surface area contributed by atoms with Crippen molar-refractivity contribution in [2.45, 2.75) is 65.1 Å². The molecule has 1 saturated heterocycles. The standard InChI is InChI=1S/C26H35N3O2/c1-19(28-25(31)22-11-13-23(14-12-22)26(2,3)4)24(30)27-17-20-7-9-21(10-8-20)18-29-15-5-6-16-29/h7-14,19H,5-6,15-18H2,1-4H3,(H,27,30)(H,28,31)/p+1/t19-/m1/s1. The molecule has 2 aromatic rings. The summed E-state index contributed by atoms with van der Waals surface area (Å²) >= 11 is 0. The molecule has 3 rings (SSSR count). The third kappa shape index (κ3) is 6.66. The molecular weight excluding hydrogens is 386 g/mol. The van der Waals surface area contributed by atoms with E-state index in [0.29, 0.717) is 12.1 Å². The van der Waals surface area contributed by atoms with Gasteiger partial charge in [-0.2, -0.15) is 0 Å². The molecule has 3 N–H and O–H groups in total. The predicted octanol–water partition coefficient (Wildman–Crippen LogP) is 2.60. The number of amides is 2. The van der Waals surface area contributed by atoms with Gasteiger partial charge in [-0.1, -0.05) is 57.2 Å². The number of hydrogen-bond donors (Lipinski definition) is 3. The van der Waals surface area contributed by atoms with E-state index in [1.54, 1.807) is 11.8 Å². The van der Waals surface area contributed by atoms with Gasteiger partial charge in [-0.05, 0) is 35.6 Å². The maximum absolute atomic E-state index is 12.5. The monoisotopic (exact) mass is 422 g/mol. The number of carbonyl (C=O) groups is 2. The lowest BCUT2D eigenvalue weighted by atomic mass is 9.86. The summed E-state index contributed by atoms with van der Waals surface area (Å²) in [6.07, 6.45) is 2.66. The van der Waals surface area contributed by atoms with Crippen molar-refractivity contribution >= 4 is 11.8 Å². The molecule has 1 atom stereocenters. The first-order valence-corrected chi connectivity index (χ1v) is 11.3. The molecule has 1 heterocycles. The molecule has 5 heteroatoms. The summed E-state index contributed by atoms with van der Waals surface area (Å²) in [6.45, 7) is 12.2. The van der Waals surface area contributed by atoms with Crippen LogP contribution in [-0.4, -0.2) is 30.9 Å². The van der Waals surface area contributed by atoms with Gasteiger partial charge in [0.25, 0.3) is 5.91 Å². The summed E-state index contributed by atoms with van der Waals surface area (Å²) in [7, 11) is 0. The minimum Gasteiger partial charge on any atom is -0.350 e. The number of nitrogens with one attached hydrogen (secondary N) is 3. The van der Waals surface area contributed by atoms with Gasteiger partial charge in [0.05, 0.1) is 13.1 Å². The highest BCUT2D eigenvalue weighted by Crippen LogP contribution is 2.22. The summed E-state index contributed by atoms with van der Waals surface area (Å²) in [4.78, 5) is 26.6. The number of hydrogen-bond acceptors (Lipinski definition) is 2. The second-order valence-corrected chi connectivity index (χ2v) is 9.69. The van der Waals surface area contributed by atoms with Crippen molar-refractivity contribution in [3.8, 4) is 0 Å². The first kappa shape index (κ1) is 23.0. The molecule has 1 fully saturated rings. The molecule has 0 aliphatic carbocycles. The maximum atomic E-state index is 12.5. The third-order valence-electron chi connectivity index (χ3n) is 6.01. The van der Waals surface area contributed by atoms with Crippen LogP contribution in [0.4, 0.5) is 0 Å². The van der Waals surface area contributed by atoms with E-state index in [1.807, 2.05) is 24.3 Å². The molecule has 0 unspecified atom stereocenters. The lowest BCUT2D eigenvalue weighted by Crippen LogP contribution is -3.08. The van der Waals surface area contributed by atoms with E-state index in [-0.39, 0.29) is 17.2 Å². The Hall–Kier alpha value is -2.66. The quantitative estimate of drug-likeness (QED) is 0.642. The Morgan fingerprint density at radius 1 is 0.935 bits per heavy atom. The molecular formula is C26H36N3O2+. The number of rotatable bonds is 7. The SMILES string of the molecule is C[C@@H](NC(=O)c1ccc(C(C)(C)C)cc1)C(=O)NCc1ccc(C[NH+]2CCCC2)cc1. The molecule has 0 spiro atoms. The molecule has 2 aromatic carbocycles. The Morgan fingerprint density at radius 2 is 1.52 bits per heavy atom. The van der Waals surface area contributed by atoms with Gasteiger partial charge in [-0.3, -0.25) is 9.59 Å². The van der Waals surface area contributed by atoms with Crippen LogP contribution in [0, 0.1) is 0 Å². The average molecular weight is 423 g/mol. The number of quaternary nitrogens is 1. The van der Waals surface area contributed by atoms with Gasteiger partial charge in [0.2, 0.25) is 5.91 Å². The minimum absolute atomic E-state index is 0.0374. The topological polar surface area (TPSA) is 62.6 Å². The van der Waals surface area contributed by atoms with Crippen LogP contribution in [-0.2, 0) is 23.3 Å². The molecule has 1 aliphatic heterocycles. The van der Waals surface area contributed by atoms with Gasteiger partial charge >= 0.3 is 0 Å². The van der Waals surface area contributed by atoms with E-state index < -0.39 is 6.04 Å². The highest BCUT2D eigenvalue weighted by atomic mass is 16.2. The number of benzene rings is 2. The highest BCUT2D eigenvalue weighted by molar-refractivity contribution is 5.97. The van der Waals surface area contributed by atoms with E-state index in [4.69, 9.17) is 0 Å². The zero-order valence-electron chi connectivity index (χ0n) is 19.3. The summed E-state index contributed by atoms with van der Waals surface area (Å²) in [6, 6.07) is 15.4. The van der Waals surface area contributed by atoms with Crippen LogP contribution in [0.25, 0.3) is 0 Å². The predicted molar refractivity (Wildman–Crippen MR) is 124 cm³/mol. The van der Waals surface area contributed by atoms with Gasteiger partial charge in [0.15, 0.2) is 0 Å². The van der Waals surface area contributed by atoms with Gasteiger partial charge < -0.3 is 15.5 Å². The van der Waals surface area contributed by atoms with Crippen molar-refractivity contribution in [1.29, 1.82) is 0 Å². The summed E-state index contributed by atoms with van der Waals surface area (Å²) in [5, 5.41) is 5.70. The molecule has 1 aliphatic rings. The first-order chi connectivity index (χ1) is 14.7. The maximum Gasteiger partial charge on any atom is 0.251 e. The Kier molecular flexibility index (Phi) is 7.50. The lowest BCUT2D eigenvalue weighted by molar-refractivity contribution is -0.901. The number of likely N-dealkylation sites (tertiary alicyclic amines) is 1. The van der Waals surface area contributed by atoms with Crippen LogP contribution < -0.4 is 15.5 Å². The van der Waals surface area contributed by atoms with Gasteiger partial charge in [0.1, 0.15) is 12.6 Å². The third-order valence-corrected chi connectivity index (χ3v) is 6.01. The van der Waals surface area contributed by atoms with E-state index in [2.05, 4.69) is 55.7 Å². The second kappa shape index (κ2) is 10.1. The molecule has 5 nitrogen and oxygen atoms in total. The molecule has 2 amide bonds. The molecule has 166 valence electrons. The Bertz CT molecular complexity index is 876. The van der Waals surface area contributed by atoms with Gasteiger partial charge in [0, 0.05) is 30.5 Å². The molecule has 0 aromatic heterocycles. The Morgan fingerprint density at radius 3 is 2.10 bits per heavy atom. The van der Waals surface area contributed by atoms with Crippen LogP contribution in [0.2, 0.25) is 0 Å². The van der Waals surface area contributed by atoms with Crippen LogP contribution in [0.3, 0.4) is 0 Å². The average Bonchev–Trinajstić information content (AvgIpc) is 3.25. The van der Waals surface area contributed by atoms with Gasteiger partial charge in [-0.15, -0.1) is 0 Å². The van der Waals surface area contributed by atoms with Crippen molar-refractivity contribution in [2.75, 3.05) is 13.1 Å². The van der Waals surface area contributed by atoms with Crippen LogP contribution in [0.5, 0.6) is 0 Å². The lowest BCUT2D eigenvalue weighted by Gasteiger charge is -2.19. The summed E-state index contributed by atoms with van der Waals surface area (Å²) < 4.78 is 0. The zero-order chi connectivity index (χ0) is 22.4. The smallest absolute Gasteiger partial charge is 0.251 e. The summed E-state index contributed by atoms with van der Waals surface area (Å²) in [5.74, 6) is -0.429. The Labute approximate surface area is 186 Å². The zero-order valence-corrected chi connectivity index (χ0v) is 19.3. The molecule has 0 saturated carbocycles. The van der Waals surface area contributed by atoms with E-state index in [0.717, 1.165) is 12.1 Å². The normalized spacial score (nSPS) is 15.5. The highest BCUT2D eigenvalue weighted by Gasteiger charge is 2.18. The fourth-order valence-electron chi connectivity index (χ4n) is 3.92. The van der Waals surface area contributed by atoms with Crippen molar-refractivity contribution in [1.82, 2.24) is 10.6 Å². The van der Waals surface area contributed by atoms with E-state index >= 15 is 0 Å². The Balaban J connectivity index is 1.46. The summed E-state index contributed by atoms with van der Waals surface area (Å²) in [5.41, 5.74) is 4.16. The van der Waals surface area contributed by atoms with Gasteiger partial charge in [-0.25, -0.2) is 0 Å². The first-order valence-electron chi connectivity index (χ1n) is 11.3. The van der Waals surface area contributed by atoms with Crippen molar-refractivity contribution in [2.24, 2.45) is 0 Å². The largest absolute Gasteiger partial charge is 0.350 e. The van der Waals surface area contributed by atoms with E-state index in [9.17, 15) is 9.59 Å². The fraction of sp³-hybridized carbons (Fsp3) is 0.462. The van der Waals surface area contributed by atoms with Crippen LogP contribution in [0.15, 0.2) is 48.5 Å². The van der Waals surface area contributed by atoms with Crippen LogP contribution in [0.1, 0.15) is 67.6 Å². The minimum atomic E-state index is -0.604. The molecule has 0 bridgehead atoms. The molecule has 0 radical (unpaired) electrons. The van der Waals surface area contributed by atoms with E-state index in [1.165, 1.54) is 37.1 Å². The second-order valence-electron chi connectivity index (χ2n) is 9.69. The molecule has 31 heavy (non-hydrogen) atoms. The van der Waals surface area contributed by atoms with Crippen LogP contribution >= 0.6 is 0 Å². The van der Waals surface area contributed by atoms with Crippen molar-refractivity contribution in [3.05, 3.63) is 70.8 Å². The fourth-order valence-corrected chi connectivity index (χ4v) is 3.92. The van der Waals surface area contributed by atoms with Crippen molar-refractivity contribution < 1.29 is 14.5 Å². The van der Waals surface area contributed by atoms with Crippen molar-refractivity contribution in [3.63, 3.8) is 0 Å².